The molecule has 6 heteroatoms. The Labute approximate surface area is 120 Å². The lowest BCUT2D eigenvalue weighted by Gasteiger charge is -2.08. The molecule has 0 saturated heterocycles. The molecule has 20 heavy (non-hydrogen) atoms. The smallest absolute Gasteiger partial charge is 0.271 e. The van der Waals surface area contributed by atoms with E-state index in [0.717, 1.165) is 23.3 Å². The normalized spacial score (nSPS) is 10.3. The molecular weight excluding hydrogens is 283 g/mol. The molecule has 1 N–H and O–H groups in total. The molecule has 0 aliphatic heterocycles. The van der Waals surface area contributed by atoms with Gasteiger partial charge in [-0.1, -0.05) is 23.7 Å². The van der Waals surface area contributed by atoms with Gasteiger partial charge in [-0.2, -0.15) is 0 Å². The minimum absolute atomic E-state index is 0.0934. The van der Waals surface area contributed by atoms with Crippen LogP contribution >= 0.6 is 11.6 Å². The molecule has 104 valence electrons. The quantitative estimate of drug-likeness (QED) is 0.675. The molecule has 4 nitrogen and oxygen atoms in total. The molecule has 0 atom stereocenters. The van der Waals surface area contributed by atoms with Crippen molar-refractivity contribution in [3.8, 4) is 0 Å². The topological polar surface area (TPSA) is 55.2 Å². The lowest BCUT2D eigenvalue weighted by Crippen LogP contribution is -2.02. The maximum Gasteiger partial charge on any atom is 0.271 e. The fraction of sp³-hybridized carbons (Fsp3) is 0.143. The first-order chi connectivity index (χ1) is 9.47. The lowest BCUT2D eigenvalue weighted by molar-refractivity contribution is -0.384. The van der Waals surface area contributed by atoms with Crippen LogP contribution < -0.4 is 5.32 Å². The maximum atomic E-state index is 13.6. The first kappa shape index (κ1) is 14.3. The van der Waals surface area contributed by atoms with Gasteiger partial charge in [0.15, 0.2) is 0 Å². The summed E-state index contributed by atoms with van der Waals surface area (Å²) in [5.41, 5.74) is 1.76. The van der Waals surface area contributed by atoms with Crippen molar-refractivity contribution in [1.82, 2.24) is 0 Å². The van der Waals surface area contributed by atoms with Crippen molar-refractivity contribution in [3.63, 3.8) is 0 Å². The third-order valence-corrected chi connectivity index (χ3v) is 3.29. The Kier molecular flexibility index (Phi) is 4.20. The van der Waals surface area contributed by atoms with Gasteiger partial charge in [0, 0.05) is 23.7 Å². The summed E-state index contributed by atoms with van der Waals surface area (Å²) in [5.74, 6) is -0.534. The van der Waals surface area contributed by atoms with Crippen molar-refractivity contribution < 1.29 is 9.31 Å². The van der Waals surface area contributed by atoms with E-state index < -0.39 is 10.7 Å². The molecule has 2 rings (SSSR count). The number of halogens is 2. The first-order valence-electron chi connectivity index (χ1n) is 5.90. The predicted molar refractivity (Wildman–Crippen MR) is 76.6 cm³/mol. The van der Waals surface area contributed by atoms with E-state index in [9.17, 15) is 14.5 Å². The van der Waals surface area contributed by atoms with E-state index >= 15 is 0 Å². The van der Waals surface area contributed by atoms with Crippen LogP contribution in [0.15, 0.2) is 36.4 Å². The Hall–Kier alpha value is -2.14. The molecular formula is C14H12ClFN2O2. The second kappa shape index (κ2) is 5.88. The maximum absolute atomic E-state index is 13.6. The van der Waals surface area contributed by atoms with Crippen LogP contribution in [0.2, 0.25) is 5.02 Å². The minimum atomic E-state index is -0.562. The molecule has 0 unspecified atom stereocenters. The Bertz CT molecular complexity index is 662. The molecule has 0 saturated carbocycles. The van der Waals surface area contributed by atoms with Gasteiger partial charge in [-0.25, -0.2) is 4.39 Å². The first-order valence-corrected chi connectivity index (χ1v) is 6.28. The van der Waals surface area contributed by atoms with Crippen molar-refractivity contribution in [1.29, 1.82) is 0 Å². The number of nitro groups is 1. The van der Waals surface area contributed by atoms with Gasteiger partial charge in [0.05, 0.1) is 10.6 Å². The minimum Gasteiger partial charge on any atom is -0.378 e. The van der Waals surface area contributed by atoms with Crippen molar-refractivity contribution in [2.24, 2.45) is 0 Å². The molecule has 0 aliphatic carbocycles. The zero-order chi connectivity index (χ0) is 14.7. The lowest BCUT2D eigenvalue weighted by atomic mass is 10.1. The molecule has 0 amide bonds. The fourth-order valence-corrected chi connectivity index (χ4v) is 1.91. The van der Waals surface area contributed by atoms with Crippen LogP contribution in [0.3, 0.4) is 0 Å². The van der Waals surface area contributed by atoms with Gasteiger partial charge in [-0.15, -0.1) is 0 Å². The van der Waals surface area contributed by atoms with Crippen LogP contribution in [0.1, 0.15) is 11.1 Å². The van der Waals surface area contributed by atoms with Crippen LogP contribution in [0.5, 0.6) is 0 Å². The zero-order valence-electron chi connectivity index (χ0n) is 10.7. The summed E-state index contributed by atoms with van der Waals surface area (Å²) in [6, 6.07) is 8.88. The summed E-state index contributed by atoms with van der Waals surface area (Å²) >= 11 is 6.00. The largest absolute Gasteiger partial charge is 0.378 e. The van der Waals surface area contributed by atoms with E-state index in [0.29, 0.717) is 11.6 Å². The van der Waals surface area contributed by atoms with Crippen molar-refractivity contribution >= 4 is 23.0 Å². The summed E-state index contributed by atoms with van der Waals surface area (Å²) in [4.78, 5) is 10.1. The third-order valence-electron chi connectivity index (χ3n) is 2.88. The van der Waals surface area contributed by atoms with Crippen LogP contribution in [-0.4, -0.2) is 4.92 Å². The van der Waals surface area contributed by atoms with Crippen LogP contribution in [0.25, 0.3) is 0 Å². The summed E-state index contributed by atoms with van der Waals surface area (Å²) in [5, 5.41) is 14.1. The van der Waals surface area contributed by atoms with Gasteiger partial charge in [-0.3, -0.25) is 10.1 Å². The van der Waals surface area contributed by atoms with Crippen molar-refractivity contribution in [2.45, 2.75) is 13.5 Å². The number of non-ortho nitro benzene ring substituents is 1. The van der Waals surface area contributed by atoms with Crippen LogP contribution in [0.4, 0.5) is 15.8 Å². The average Bonchev–Trinajstić information content (AvgIpc) is 2.41. The second-order valence-corrected chi connectivity index (χ2v) is 4.77. The molecule has 0 aromatic heterocycles. The van der Waals surface area contributed by atoms with E-state index in [2.05, 4.69) is 5.32 Å². The standard InChI is InChI=1S/C14H12ClFN2O2/c1-9-2-3-10(6-12(9)15)8-17-14-7-11(18(19)20)4-5-13(14)16/h2-7,17H,8H2,1H3. The molecule has 0 spiro atoms. The Morgan fingerprint density at radius 2 is 2.05 bits per heavy atom. The number of hydrogen-bond acceptors (Lipinski definition) is 3. The van der Waals surface area contributed by atoms with E-state index in [-0.39, 0.29) is 11.4 Å². The van der Waals surface area contributed by atoms with Crippen LogP contribution in [-0.2, 0) is 6.54 Å². The number of nitrogens with one attached hydrogen (secondary N) is 1. The molecule has 0 heterocycles. The number of hydrogen-bond donors (Lipinski definition) is 1. The highest BCUT2D eigenvalue weighted by atomic mass is 35.5. The van der Waals surface area contributed by atoms with E-state index in [1.165, 1.54) is 6.07 Å². The summed E-state index contributed by atoms with van der Waals surface area (Å²) in [7, 11) is 0. The Morgan fingerprint density at radius 3 is 2.70 bits per heavy atom. The second-order valence-electron chi connectivity index (χ2n) is 4.36. The number of nitrogens with zero attached hydrogens (tertiary/aromatic N) is 1. The van der Waals surface area contributed by atoms with E-state index in [1.807, 2.05) is 19.1 Å². The van der Waals surface area contributed by atoms with Gasteiger partial charge in [0.25, 0.3) is 5.69 Å². The predicted octanol–water partition coefficient (Wildman–Crippen LogP) is 4.31. The number of nitro benzene ring substituents is 1. The Morgan fingerprint density at radius 1 is 1.30 bits per heavy atom. The molecule has 2 aromatic rings. The fourth-order valence-electron chi connectivity index (χ4n) is 1.71. The van der Waals surface area contributed by atoms with E-state index in [4.69, 9.17) is 11.6 Å². The number of aryl methyl sites for hydroxylation is 1. The van der Waals surface area contributed by atoms with Gasteiger partial charge >= 0.3 is 0 Å². The zero-order valence-corrected chi connectivity index (χ0v) is 11.4. The van der Waals surface area contributed by atoms with Crippen molar-refractivity contribution in [2.75, 3.05) is 5.32 Å². The molecule has 2 aromatic carbocycles. The SMILES string of the molecule is Cc1ccc(CNc2cc([N+](=O)[O-])ccc2F)cc1Cl. The van der Waals surface area contributed by atoms with E-state index in [1.54, 1.807) is 6.07 Å². The van der Waals surface area contributed by atoms with Gasteiger partial charge in [0.2, 0.25) is 0 Å². The van der Waals surface area contributed by atoms with Crippen LogP contribution in [0, 0.1) is 22.9 Å². The summed E-state index contributed by atoms with van der Waals surface area (Å²) in [6.45, 7) is 2.22. The summed E-state index contributed by atoms with van der Waals surface area (Å²) < 4.78 is 13.6. The van der Waals surface area contributed by atoms with Gasteiger partial charge in [0.1, 0.15) is 5.82 Å². The third kappa shape index (κ3) is 3.24. The molecule has 0 radical (unpaired) electrons. The summed E-state index contributed by atoms with van der Waals surface area (Å²) in [6.07, 6.45) is 0. The number of benzene rings is 2. The molecule has 0 fully saturated rings. The highest BCUT2D eigenvalue weighted by Crippen LogP contribution is 2.23. The highest BCUT2D eigenvalue weighted by Gasteiger charge is 2.10. The van der Waals surface area contributed by atoms with Crippen molar-refractivity contribution in [3.05, 3.63) is 68.5 Å². The molecule has 0 aliphatic rings. The average molecular weight is 295 g/mol. The number of anilines is 1. The molecule has 0 bridgehead atoms. The Balaban J connectivity index is 2.15. The van der Waals surface area contributed by atoms with Gasteiger partial charge < -0.3 is 5.32 Å². The monoisotopic (exact) mass is 294 g/mol. The highest BCUT2D eigenvalue weighted by molar-refractivity contribution is 6.31. The van der Waals surface area contributed by atoms with Gasteiger partial charge in [-0.05, 0) is 30.2 Å². The number of rotatable bonds is 4.